The quantitative estimate of drug-likeness (QED) is 0.780. The van der Waals surface area contributed by atoms with E-state index in [4.69, 9.17) is 0 Å². The molecule has 1 unspecified atom stereocenters. The number of unbranched alkanes of at least 4 members (excludes halogenated alkanes) is 1. The van der Waals surface area contributed by atoms with Gasteiger partial charge >= 0.3 is 6.18 Å². The zero-order valence-corrected chi connectivity index (χ0v) is 15.9. The first-order chi connectivity index (χ1) is 12.6. The van der Waals surface area contributed by atoms with Gasteiger partial charge < -0.3 is 0 Å². The molecule has 0 saturated carbocycles. The molecule has 1 saturated heterocycles. The van der Waals surface area contributed by atoms with Gasteiger partial charge in [-0.15, -0.1) is 0 Å². The molecule has 0 aromatic heterocycles. The highest BCUT2D eigenvalue weighted by Crippen LogP contribution is 2.42. The number of alkyl halides is 3. The predicted molar refractivity (Wildman–Crippen MR) is 100.0 cm³/mol. The number of carbonyl (C=O) groups is 1. The molecule has 3 nitrogen and oxygen atoms in total. The Morgan fingerprint density at radius 3 is 2.33 bits per heavy atom. The van der Waals surface area contributed by atoms with Gasteiger partial charge in [0.2, 0.25) is 5.91 Å². The second kappa shape index (κ2) is 7.15. The van der Waals surface area contributed by atoms with E-state index in [1.165, 1.54) is 0 Å². The summed E-state index contributed by atoms with van der Waals surface area (Å²) in [6, 6.07) is 9.08. The van der Waals surface area contributed by atoms with Crippen molar-refractivity contribution in [3.63, 3.8) is 0 Å². The highest BCUT2D eigenvalue weighted by atomic mass is 19.4. The number of nitrogens with zero attached hydrogens (tertiary/aromatic N) is 1. The fourth-order valence-electron chi connectivity index (χ4n) is 3.64. The summed E-state index contributed by atoms with van der Waals surface area (Å²) in [5, 5.41) is 2.76. The van der Waals surface area contributed by atoms with Gasteiger partial charge in [-0.25, -0.2) is 5.01 Å². The van der Waals surface area contributed by atoms with E-state index in [2.05, 4.69) is 5.43 Å². The molecule has 1 aliphatic rings. The number of benzene rings is 2. The second-order valence-electron chi connectivity index (χ2n) is 7.90. The zero-order valence-electron chi connectivity index (χ0n) is 15.9. The number of carbonyl (C=O) groups excluding carboxylic acids is 1. The van der Waals surface area contributed by atoms with Gasteiger partial charge in [-0.05, 0) is 54.7 Å². The molecule has 0 spiro atoms. The van der Waals surface area contributed by atoms with Crippen LogP contribution in [0.25, 0.3) is 10.8 Å². The number of hydrazine groups is 1. The largest absolute Gasteiger partial charge is 0.409 e. The van der Waals surface area contributed by atoms with Gasteiger partial charge in [0, 0.05) is 6.54 Å². The minimum atomic E-state index is -4.50. The molecule has 1 N–H and O–H groups in total. The third-order valence-corrected chi connectivity index (χ3v) is 5.15. The number of nitrogens with one attached hydrogen (secondary N) is 1. The van der Waals surface area contributed by atoms with E-state index in [-0.39, 0.29) is 18.0 Å². The molecule has 1 heterocycles. The summed E-state index contributed by atoms with van der Waals surface area (Å²) >= 11 is 0. The molecule has 1 fully saturated rings. The molecule has 146 valence electrons. The number of rotatable bonds is 5. The van der Waals surface area contributed by atoms with Crippen LogP contribution in [0.1, 0.15) is 50.8 Å². The average Bonchev–Trinajstić information content (AvgIpc) is 2.84. The Balaban J connectivity index is 2.13. The van der Waals surface area contributed by atoms with Crippen LogP contribution in [0.15, 0.2) is 36.4 Å². The van der Waals surface area contributed by atoms with Crippen LogP contribution in [0.5, 0.6) is 0 Å². The summed E-state index contributed by atoms with van der Waals surface area (Å²) in [6.07, 6.45) is -2.21. The van der Waals surface area contributed by atoms with Gasteiger partial charge in [0.15, 0.2) is 0 Å². The van der Waals surface area contributed by atoms with Crippen LogP contribution < -0.4 is 5.43 Å². The number of halogens is 3. The molecule has 2 aromatic rings. The fraction of sp³-hybridized carbons (Fsp3) is 0.476. The van der Waals surface area contributed by atoms with Crippen molar-refractivity contribution >= 4 is 16.7 Å². The monoisotopic (exact) mass is 378 g/mol. The first-order valence-electron chi connectivity index (χ1n) is 9.29. The van der Waals surface area contributed by atoms with Gasteiger partial charge in [-0.3, -0.25) is 10.2 Å². The van der Waals surface area contributed by atoms with Gasteiger partial charge in [0.05, 0.1) is 5.41 Å². The predicted octanol–water partition coefficient (Wildman–Crippen LogP) is 5.16. The summed E-state index contributed by atoms with van der Waals surface area (Å²) in [7, 11) is 0. The Morgan fingerprint density at radius 1 is 1.19 bits per heavy atom. The number of amides is 1. The van der Waals surface area contributed by atoms with Crippen LogP contribution in [-0.2, 0) is 11.2 Å². The first kappa shape index (κ1) is 19.7. The Labute approximate surface area is 157 Å². The van der Waals surface area contributed by atoms with Crippen molar-refractivity contribution in [1.29, 1.82) is 0 Å². The van der Waals surface area contributed by atoms with Crippen molar-refractivity contribution < 1.29 is 18.0 Å². The maximum absolute atomic E-state index is 14.1. The van der Waals surface area contributed by atoms with E-state index in [9.17, 15) is 18.0 Å². The lowest BCUT2D eigenvalue weighted by Crippen LogP contribution is -2.44. The Kier molecular flexibility index (Phi) is 5.21. The van der Waals surface area contributed by atoms with Crippen LogP contribution in [0, 0.1) is 5.41 Å². The van der Waals surface area contributed by atoms with Gasteiger partial charge in [-0.1, -0.05) is 43.7 Å². The lowest BCUT2D eigenvalue weighted by Gasteiger charge is -2.31. The first-order valence-corrected chi connectivity index (χ1v) is 9.29. The maximum atomic E-state index is 14.1. The van der Waals surface area contributed by atoms with Crippen LogP contribution in [0.4, 0.5) is 13.2 Å². The SMILES string of the molecule is CCCCc1cc2ccccc2cc1C(N1CC(C)(C)C(=O)N1)C(F)(F)F. The van der Waals surface area contributed by atoms with Crippen LogP contribution in [0.3, 0.4) is 0 Å². The van der Waals surface area contributed by atoms with Gasteiger partial charge in [0.25, 0.3) is 0 Å². The summed E-state index contributed by atoms with van der Waals surface area (Å²) in [5.74, 6) is -0.382. The molecule has 27 heavy (non-hydrogen) atoms. The Bertz CT molecular complexity index is 845. The molecule has 6 heteroatoms. The zero-order chi connectivity index (χ0) is 19.8. The van der Waals surface area contributed by atoms with Crippen molar-refractivity contribution in [3.05, 3.63) is 47.5 Å². The van der Waals surface area contributed by atoms with E-state index >= 15 is 0 Å². The molecule has 0 radical (unpaired) electrons. The normalized spacial score (nSPS) is 18.7. The van der Waals surface area contributed by atoms with Gasteiger partial charge in [-0.2, -0.15) is 13.2 Å². The molecule has 3 rings (SSSR count). The highest BCUT2D eigenvalue weighted by molar-refractivity contribution is 5.85. The van der Waals surface area contributed by atoms with E-state index in [0.29, 0.717) is 12.0 Å². The van der Waals surface area contributed by atoms with Crippen molar-refractivity contribution in [2.24, 2.45) is 5.41 Å². The molecule has 0 aliphatic carbocycles. The van der Waals surface area contributed by atoms with Crippen LogP contribution >= 0.6 is 0 Å². The summed E-state index contributed by atoms with van der Waals surface area (Å²) < 4.78 is 42.4. The number of hydrogen-bond donors (Lipinski definition) is 1. The molecular formula is C21H25F3N2O. The minimum absolute atomic E-state index is 0.00997. The molecule has 0 bridgehead atoms. The molecule has 1 atom stereocenters. The summed E-state index contributed by atoms with van der Waals surface area (Å²) in [5.41, 5.74) is 2.52. The third-order valence-electron chi connectivity index (χ3n) is 5.15. The standard InChI is InChI=1S/C21H25F3N2O/c1-4-5-8-16-11-14-9-6-7-10-15(14)12-17(16)18(21(22,23)24)26-13-20(2,3)19(27)25-26/h6-7,9-12,18H,4-5,8,13H2,1-3H3,(H,25,27). The number of aryl methyl sites for hydroxylation is 1. The lowest BCUT2D eigenvalue weighted by atomic mass is 9.91. The molecule has 2 aromatic carbocycles. The van der Waals surface area contributed by atoms with Crippen LogP contribution in [-0.4, -0.2) is 23.6 Å². The minimum Gasteiger partial charge on any atom is -0.287 e. The average molecular weight is 378 g/mol. The van der Waals surface area contributed by atoms with Crippen molar-refractivity contribution in [1.82, 2.24) is 10.4 Å². The highest BCUT2D eigenvalue weighted by Gasteiger charge is 2.51. The number of fused-ring (bicyclic) bond motifs is 1. The van der Waals surface area contributed by atoms with Crippen molar-refractivity contribution in [2.75, 3.05) is 6.54 Å². The third kappa shape index (κ3) is 3.95. The van der Waals surface area contributed by atoms with E-state index in [0.717, 1.165) is 28.6 Å². The molecular weight excluding hydrogens is 353 g/mol. The van der Waals surface area contributed by atoms with Gasteiger partial charge in [0.1, 0.15) is 6.04 Å². The lowest BCUT2D eigenvalue weighted by molar-refractivity contribution is -0.191. The van der Waals surface area contributed by atoms with Crippen molar-refractivity contribution in [3.8, 4) is 0 Å². The fourth-order valence-corrected chi connectivity index (χ4v) is 3.64. The molecule has 1 aliphatic heterocycles. The summed E-state index contributed by atoms with van der Waals surface area (Å²) in [6.45, 7) is 5.35. The van der Waals surface area contributed by atoms with E-state index in [1.54, 1.807) is 19.9 Å². The smallest absolute Gasteiger partial charge is 0.287 e. The molecule has 1 amide bonds. The topological polar surface area (TPSA) is 32.3 Å². The maximum Gasteiger partial charge on any atom is 0.409 e. The second-order valence-corrected chi connectivity index (χ2v) is 7.90. The van der Waals surface area contributed by atoms with E-state index in [1.807, 2.05) is 37.3 Å². The van der Waals surface area contributed by atoms with Crippen molar-refractivity contribution in [2.45, 2.75) is 52.3 Å². The van der Waals surface area contributed by atoms with Crippen LogP contribution in [0.2, 0.25) is 0 Å². The number of hydrogen-bond acceptors (Lipinski definition) is 2. The summed E-state index contributed by atoms with van der Waals surface area (Å²) in [4.78, 5) is 12.1. The van der Waals surface area contributed by atoms with E-state index < -0.39 is 17.6 Å². The Hall–Kier alpha value is -2.08. The Morgan fingerprint density at radius 2 is 1.81 bits per heavy atom.